The van der Waals surface area contributed by atoms with Crippen molar-refractivity contribution < 1.29 is 26.0 Å². The molecule has 1 rings (SSSR count). The lowest BCUT2D eigenvalue weighted by molar-refractivity contribution is -0.132. The van der Waals surface area contributed by atoms with Crippen molar-refractivity contribution in [3.63, 3.8) is 0 Å². The first-order chi connectivity index (χ1) is 9.65. The van der Waals surface area contributed by atoms with E-state index in [0.29, 0.717) is 18.7 Å². The van der Waals surface area contributed by atoms with Crippen LogP contribution in [0.4, 0.5) is 17.6 Å². The van der Waals surface area contributed by atoms with Gasteiger partial charge in [0, 0.05) is 13.1 Å². The van der Waals surface area contributed by atoms with Crippen LogP contribution >= 0.6 is 0 Å². The van der Waals surface area contributed by atoms with E-state index < -0.39 is 39.9 Å². The fourth-order valence-corrected chi connectivity index (χ4v) is 2.64. The van der Waals surface area contributed by atoms with E-state index in [1.807, 2.05) is 6.92 Å². The average molecular weight is 328 g/mol. The van der Waals surface area contributed by atoms with Crippen molar-refractivity contribution >= 4 is 10.0 Å². The molecule has 0 heterocycles. The smallest absolute Gasteiger partial charge is 0.313 e. The number of halogens is 4. The molecule has 4 nitrogen and oxygen atoms in total. The fourth-order valence-electron chi connectivity index (χ4n) is 1.55. The number of alkyl halides is 3. The highest BCUT2D eigenvalue weighted by Gasteiger charge is 2.28. The van der Waals surface area contributed by atoms with Crippen molar-refractivity contribution in [1.29, 1.82) is 0 Å². The van der Waals surface area contributed by atoms with Gasteiger partial charge < -0.3 is 5.32 Å². The molecule has 0 saturated heterocycles. The Balaban J connectivity index is 2.79. The van der Waals surface area contributed by atoms with E-state index >= 15 is 0 Å². The molecule has 21 heavy (non-hydrogen) atoms. The van der Waals surface area contributed by atoms with Crippen molar-refractivity contribution in [2.75, 3.05) is 13.1 Å². The van der Waals surface area contributed by atoms with Crippen LogP contribution in [0.1, 0.15) is 18.9 Å². The van der Waals surface area contributed by atoms with Crippen LogP contribution in [-0.4, -0.2) is 27.7 Å². The second kappa shape index (κ2) is 7.19. The summed E-state index contributed by atoms with van der Waals surface area (Å²) in [5.41, 5.74) is 0.545. The third-order valence-electron chi connectivity index (χ3n) is 2.57. The third-order valence-corrected chi connectivity index (χ3v) is 4.06. The van der Waals surface area contributed by atoms with Crippen LogP contribution in [-0.2, 0) is 16.6 Å². The minimum Gasteiger partial charge on any atom is -0.313 e. The Kier molecular flexibility index (Phi) is 6.11. The van der Waals surface area contributed by atoms with Gasteiger partial charge in [-0.3, -0.25) is 0 Å². The summed E-state index contributed by atoms with van der Waals surface area (Å²) < 4.78 is 74.9. The van der Waals surface area contributed by atoms with Crippen LogP contribution in [0.5, 0.6) is 0 Å². The van der Waals surface area contributed by atoms with Gasteiger partial charge in [-0.05, 0) is 24.2 Å². The van der Waals surface area contributed by atoms with Gasteiger partial charge in [-0.25, -0.2) is 17.5 Å². The topological polar surface area (TPSA) is 58.2 Å². The van der Waals surface area contributed by atoms with Crippen molar-refractivity contribution in [1.82, 2.24) is 10.0 Å². The van der Waals surface area contributed by atoms with Gasteiger partial charge in [-0.15, -0.1) is 0 Å². The van der Waals surface area contributed by atoms with Crippen molar-refractivity contribution in [2.24, 2.45) is 0 Å². The summed E-state index contributed by atoms with van der Waals surface area (Å²) in [7, 11) is -4.30. The molecule has 0 aromatic heterocycles. The predicted octanol–water partition coefficient (Wildman–Crippen LogP) is 2.17. The molecule has 0 atom stereocenters. The average Bonchev–Trinajstić information content (AvgIpc) is 2.34. The number of hydrogen-bond acceptors (Lipinski definition) is 3. The van der Waals surface area contributed by atoms with E-state index in [1.165, 1.54) is 6.07 Å². The highest BCUT2D eigenvalue weighted by Crippen LogP contribution is 2.20. The number of benzene rings is 1. The molecule has 0 amide bonds. The maximum Gasteiger partial charge on any atom is 0.390 e. The zero-order chi connectivity index (χ0) is 16.1. The highest BCUT2D eigenvalue weighted by molar-refractivity contribution is 7.89. The van der Waals surface area contributed by atoms with E-state index in [4.69, 9.17) is 0 Å². The van der Waals surface area contributed by atoms with Gasteiger partial charge in [-0.1, -0.05) is 13.0 Å². The maximum atomic E-state index is 13.8. The predicted molar refractivity (Wildman–Crippen MR) is 69.6 cm³/mol. The molecule has 1 aromatic rings. The lowest BCUT2D eigenvalue weighted by Gasteiger charge is -2.10. The Hall–Kier alpha value is -1.19. The molecule has 9 heteroatoms. The van der Waals surface area contributed by atoms with Crippen molar-refractivity contribution in [3.8, 4) is 0 Å². The fraction of sp³-hybridized carbons (Fsp3) is 0.500. The lowest BCUT2D eigenvalue weighted by atomic mass is 10.2. The van der Waals surface area contributed by atoms with Crippen molar-refractivity contribution in [2.45, 2.75) is 31.0 Å². The van der Waals surface area contributed by atoms with Gasteiger partial charge in [0.15, 0.2) is 0 Å². The SMILES string of the molecule is CCNCc1ccc(S(=O)(=O)NCCC(F)(F)F)c(F)c1. The Morgan fingerprint density at radius 3 is 2.43 bits per heavy atom. The number of nitrogens with one attached hydrogen (secondary N) is 2. The van der Waals surface area contributed by atoms with Crippen LogP contribution in [0.2, 0.25) is 0 Å². The number of sulfonamides is 1. The van der Waals surface area contributed by atoms with Crippen LogP contribution < -0.4 is 10.0 Å². The monoisotopic (exact) mass is 328 g/mol. The quantitative estimate of drug-likeness (QED) is 0.754. The largest absolute Gasteiger partial charge is 0.390 e. The maximum absolute atomic E-state index is 13.8. The van der Waals surface area contributed by atoms with Gasteiger partial charge in [-0.2, -0.15) is 13.2 Å². The molecule has 2 N–H and O–H groups in total. The van der Waals surface area contributed by atoms with E-state index in [0.717, 1.165) is 12.1 Å². The normalized spacial score (nSPS) is 12.6. The molecule has 120 valence electrons. The lowest BCUT2D eigenvalue weighted by Crippen LogP contribution is -2.28. The standard InChI is InChI=1S/C12H16F4N2O2S/c1-2-17-8-9-3-4-11(10(13)7-9)21(19,20)18-6-5-12(14,15)16/h3-4,7,17-18H,2,5-6,8H2,1H3. The molecule has 1 aromatic carbocycles. The second-order valence-electron chi connectivity index (χ2n) is 4.31. The first-order valence-electron chi connectivity index (χ1n) is 6.21. The Bertz CT molecular complexity index is 573. The molecule has 0 aliphatic carbocycles. The number of rotatable bonds is 7. The van der Waals surface area contributed by atoms with E-state index in [1.54, 1.807) is 4.72 Å². The summed E-state index contributed by atoms with van der Waals surface area (Å²) in [6.07, 6.45) is -5.79. The molecule has 0 fully saturated rings. The summed E-state index contributed by atoms with van der Waals surface area (Å²) in [4.78, 5) is -0.662. The Labute approximate surface area is 120 Å². The zero-order valence-corrected chi connectivity index (χ0v) is 12.1. The Morgan fingerprint density at radius 1 is 1.24 bits per heavy atom. The zero-order valence-electron chi connectivity index (χ0n) is 11.3. The summed E-state index contributed by atoms with van der Waals surface area (Å²) in [5.74, 6) is -0.995. The molecule has 0 unspecified atom stereocenters. The third kappa shape index (κ3) is 5.98. The molecule has 0 aliphatic rings. The molecular weight excluding hydrogens is 312 g/mol. The molecular formula is C12H16F4N2O2S. The van der Waals surface area contributed by atoms with Gasteiger partial charge in [0.2, 0.25) is 10.0 Å². The molecule has 0 aliphatic heterocycles. The minimum atomic E-state index is -4.48. The van der Waals surface area contributed by atoms with E-state index in [2.05, 4.69) is 5.32 Å². The molecule has 0 saturated carbocycles. The first kappa shape index (κ1) is 17.9. The van der Waals surface area contributed by atoms with Crippen LogP contribution in [0.25, 0.3) is 0 Å². The van der Waals surface area contributed by atoms with Crippen LogP contribution in [0.15, 0.2) is 23.1 Å². The van der Waals surface area contributed by atoms with Gasteiger partial charge in [0.05, 0.1) is 6.42 Å². The van der Waals surface area contributed by atoms with Gasteiger partial charge in [0.25, 0.3) is 0 Å². The summed E-state index contributed by atoms with van der Waals surface area (Å²) in [5, 5.41) is 2.94. The van der Waals surface area contributed by atoms with Crippen molar-refractivity contribution in [3.05, 3.63) is 29.6 Å². The number of hydrogen-bond donors (Lipinski definition) is 2. The second-order valence-corrected chi connectivity index (χ2v) is 6.04. The highest BCUT2D eigenvalue weighted by atomic mass is 32.2. The minimum absolute atomic E-state index is 0.370. The van der Waals surface area contributed by atoms with Gasteiger partial charge >= 0.3 is 6.18 Å². The summed E-state index contributed by atoms with van der Waals surface area (Å²) in [6.45, 7) is 2.07. The summed E-state index contributed by atoms with van der Waals surface area (Å²) in [6, 6.07) is 3.49. The molecule has 0 radical (unpaired) electrons. The Morgan fingerprint density at radius 2 is 1.90 bits per heavy atom. The molecule has 0 spiro atoms. The first-order valence-corrected chi connectivity index (χ1v) is 7.69. The summed E-state index contributed by atoms with van der Waals surface area (Å²) >= 11 is 0. The van der Waals surface area contributed by atoms with Gasteiger partial charge in [0.1, 0.15) is 10.7 Å². The van der Waals surface area contributed by atoms with Crippen LogP contribution in [0.3, 0.4) is 0 Å². The van der Waals surface area contributed by atoms with Crippen LogP contribution in [0, 0.1) is 5.82 Å². The van der Waals surface area contributed by atoms with E-state index in [9.17, 15) is 26.0 Å². The molecule has 0 bridgehead atoms. The van der Waals surface area contributed by atoms with E-state index in [-0.39, 0.29) is 0 Å².